The van der Waals surface area contributed by atoms with Gasteiger partial charge in [0.05, 0.1) is 6.10 Å². The van der Waals surface area contributed by atoms with Gasteiger partial charge in [0.15, 0.2) is 0 Å². The first kappa shape index (κ1) is 12.1. The van der Waals surface area contributed by atoms with E-state index in [0.29, 0.717) is 11.3 Å². The Hall–Kier alpha value is -0.390. The van der Waals surface area contributed by atoms with Crippen LogP contribution in [0.4, 0.5) is 0 Å². The monoisotopic (exact) mass is 303 g/mol. The Kier molecular flexibility index (Phi) is 3.11. The summed E-state index contributed by atoms with van der Waals surface area (Å²) in [6.45, 7) is 3.94. The summed E-state index contributed by atoms with van der Waals surface area (Å²) in [5.74, 6) is -0.0631. The van der Waals surface area contributed by atoms with E-state index in [-0.39, 0.29) is 23.5 Å². The summed E-state index contributed by atoms with van der Waals surface area (Å²) in [6.07, 6.45) is 0.325. The number of carbonyl (C=O) groups is 1. The van der Waals surface area contributed by atoms with Gasteiger partial charge in [0, 0.05) is 15.9 Å². The molecular weight excluding hydrogens is 290 g/mol. The third-order valence-corrected chi connectivity index (χ3v) is 5.18. The Morgan fingerprint density at radius 2 is 2.38 bits per heavy atom. The van der Waals surface area contributed by atoms with Crippen LogP contribution in [0.3, 0.4) is 0 Å². The van der Waals surface area contributed by atoms with E-state index >= 15 is 0 Å². The van der Waals surface area contributed by atoms with Crippen molar-refractivity contribution < 1.29 is 9.90 Å². The highest BCUT2D eigenvalue weighted by molar-refractivity contribution is 9.10. The largest absolute Gasteiger partial charge is 0.392 e. The second-order valence-electron chi connectivity index (χ2n) is 4.70. The van der Waals surface area contributed by atoms with E-state index in [1.807, 2.05) is 25.3 Å². The van der Waals surface area contributed by atoms with E-state index in [0.717, 1.165) is 4.47 Å². The van der Waals surface area contributed by atoms with Crippen molar-refractivity contribution in [2.45, 2.75) is 32.4 Å². The maximum absolute atomic E-state index is 11.9. The Morgan fingerprint density at radius 3 is 2.81 bits per heavy atom. The molecule has 2 rings (SSSR count). The number of nitrogens with one attached hydrogen (secondary N) is 1. The molecule has 3 nitrogen and oxygen atoms in total. The standard InChI is InChI=1S/C11H14BrNO2S/c1-11(2)7(5-8(11)14)13-10(15)9-6(12)3-4-16-9/h3-4,7-8,14H,5H2,1-2H3,(H,13,15)/t7-,8+/m0/s1. The molecule has 16 heavy (non-hydrogen) atoms. The predicted octanol–water partition coefficient (Wildman–Crippen LogP) is 2.40. The molecule has 1 aromatic heterocycles. The maximum atomic E-state index is 11.9. The molecule has 1 amide bonds. The second kappa shape index (κ2) is 4.13. The Morgan fingerprint density at radius 1 is 1.69 bits per heavy atom. The fourth-order valence-electron chi connectivity index (χ4n) is 1.83. The van der Waals surface area contributed by atoms with Gasteiger partial charge in [-0.15, -0.1) is 11.3 Å². The summed E-state index contributed by atoms with van der Waals surface area (Å²) >= 11 is 4.75. The van der Waals surface area contributed by atoms with Gasteiger partial charge in [-0.05, 0) is 33.8 Å². The van der Waals surface area contributed by atoms with E-state index in [2.05, 4.69) is 21.2 Å². The number of amides is 1. The molecule has 0 aromatic carbocycles. The van der Waals surface area contributed by atoms with Gasteiger partial charge in [-0.25, -0.2) is 0 Å². The molecule has 0 spiro atoms. The molecule has 0 bridgehead atoms. The molecule has 0 saturated heterocycles. The lowest BCUT2D eigenvalue weighted by Crippen LogP contribution is -2.61. The Balaban J connectivity index is 2.02. The van der Waals surface area contributed by atoms with Crippen molar-refractivity contribution in [3.8, 4) is 0 Å². The number of hydrogen-bond donors (Lipinski definition) is 2. The number of carbonyl (C=O) groups excluding carboxylic acids is 1. The van der Waals surface area contributed by atoms with Crippen LogP contribution in [0, 0.1) is 5.41 Å². The van der Waals surface area contributed by atoms with E-state index in [1.165, 1.54) is 11.3 Å². The molecule has 0 unspecified atom stereocenters. The number of aliphatic hydroxyl groups is 1. The molecule has 1 aliphatic rings. The molecule has 0 radical (unpaired) electrons. The third kappa shape index (κ3) is 1.92. The highest BCUT2D eigenvalue weighted by atomic mass is 79.9. The molecule has 1 heterocycles. The van der Waals surface area contributed by atoms with E-state index in [4.69, 9.17) is 0 Å². The minimum atomic E-state index is -0.315. The molecular formula is C11H14BrNO2S. The summed E-state index contributed by atoms with van der Waals surface area (Å²) in [4.78, 5) is 12.6. The fraction of sp³-hybridized carbons (Fsp3) is 0.545. The van der Waals surface area contributed by atoms with Gasteiger partial charge in [0.2, 0.25) is 0 Å². The topological polar surface area (TPSA) is 49.3 Å². The van der Waals surface area contributed by atoms with Gasteiger partial charge in [0.25, 0.3) is 5.91 Å². The zero-order valence-electron chi connectivity index (χ0n) is 9.16. The van der Waals surface area contributed by atoms with Crippen molar-refractivity contribution in [1.82, 2.24) is 5.32 Å². The lowest BCUT2D eigenvalue weighted by Gasteiger charge is -2.49. The van der Waals surface area contributed by atoms with Crippen LogP contribution in [-0.4, -0.2) is 23.2 Å². The van der Waals surface area contributed by atoms with Gasteiger partial charge < -0.3 is 10.4 Å². The quantitative estimate of drug-likeness (QED) is 0.881. The lowest BCUT2D eigenvalue weighted by molar-refractivity contribution is -0.0689. The van der Waals surface area contributed by atoms with Gasteiger partial charge in [0.1, 0.15) is 4.88 Å². The van der Waals surface area contributed by atoms with Crippen LogP contribution in [0.5, 0.6) is 0 Å². The first-order valence-electron chi connectivity index (χ1n) is 5.15. The smallest absolute Gasteiger partial charge is 0.262 e. The zero-order valence-corrected chi connectivity index (χ0v) is 11.6. The third-order valence-electron chi connectivity index (χ3n) is 3.34. The van der Waals surface area contributed by atoms with Crippen LogP contribution < -0.4 is 5.32 Å². The van der Waals surface area contributed by atoms with E-state index in [1.54, 1.807) is 0 Å². The molecule has 1 saturated carbocycles. The molecule has 2 N–H and O–H groups in total. The van der Waals surface area contributed by atoms with Gasteiger partial charge >= 0.3 is 0 Å². The van der Waals surface area contributed by atoms with Gasteiger partial charge in [-0.3, -0.25) is 4.79 Å². The molecule has 1 aromatic rings. The number of halogens is 1. The molecule has 5 heteroatoms. The first-order valence-corrected chi connectivity index (χ1v) is 6.82. The summed E-state index contributed by atoms with van der Waals surface area (Å²) in [6, 6.07) is 1.92. The highest BCUT2D eigenvalue weighted by Gasteiger charge is 2.48. The predicted molar refractivity (Wildman–Crippen MR) is 67.7 cm³/mol. The van der Waals surface area contributed by atoms with Crippen LogP contribution in [-0.2, 0) is 0 Å². The van der Waals surface area contributed by atoms with Gasteiger partial charge in [-0.1, -0.05) is 13.8 Å². The summed E-state index contributed by atoms with van der Waals surface area (Å²) in [5.41, 5.74) is -0.223. The highest BCUT2D eigenvalue weighted by Crippen LogP contribution is 2.40. The van der Waals surface area contributed by atoms with E-state index in [9.17, 15) is 9.90 Å². The molecule has 0 aliphatic heterocycles. The number of thiophene rings is 1. The molecule has 1 fully saturated rings. The van der Waals surface area contributed by atoms with Crippen LogP contribution in [0.15, 0.2) is 15.9 Å². The molecule has 1 aliphatic carbocycles. The number of rotatable bonds is 2. The summed E-state index contributed by atoms with van der Waals surface area (Å²) in [7, 11) is 0. The van der Waals surface area contributed by atoms with Crippen molar-refractivity contribution >= 4 is 33.2 Å². The minimum Gasteiger partial charge on any atom is -0.392 e. The first-order chi connectivity index (χ1) is 7.43. The van der Waals surface area contributed by atoms with Crippen molar-refractivity contribution in [3.63, 3.8) is 0 Å². The second-order valence-corrected chi connectivity index (χ2v) is 6.47. The maximum Gasteiger partial charge on any atom is 0.262 e. The lowest BCUT2D eigenvalue weighted by atomic mass is 9.64. The van der Waals surface area contributed by atoms with Crippen molar-refractivity contribution in [1.29, 1.82) is 0 Å². The molecule has 88 valence electrons. The van der Waals surface area contributed by atoms with Crippen LogP contribution in [0.1, 0.15) is 29.9 Å². The summed E-state index contributed by atoms with van der Waals surface area (Å²) in [5, 5.41) is 14.4. The van der Waals surface area contributed by atoms with Crippen molar-refractivity contribution in [2.75, 3.05) is 0 Å². The normalized spacial score (nSPS) is 27.2. The Bertz CT molecular complexity index is 416. The van der Waals surface area contributed by atoms with Crippen LogP contribution in [0.25, 0.3) is 0 Å². The van der Waals surface area contributed by atoms with Gasteiger partial charge in [-0.2, -0.15) is 0 Å². The average Bonchev–Trinajstić information content (AvgIpc) is 2.64. The minimum absolute atomic E-state index is 0.0593. The van der Waals surface area contributed by atoms with Crippen molar-refractivity contribution in [2.24, 2.45) is 5.41 Å². The summed E-state index contributed by atoms with van der Waals surface area (Å²) < 4.78 is 0.827. The van der Waals surface area contributed by atoms with E-state index < -0.39 is 0 Å². The number of hydrogen-bond acceptors (Lipinski definition) is 3. The Labute approximate surface area is 107 Å². The number of aliphatic hydroxyl groups excluding tert-OH is 1. The van der Waals surface area contributed by atoms with Crippen molar-refractivity contribution in [3.05, 3.63) is 20.8 Å². The fourth-order valence-corrected chi connectivity index (χ4v) is 3.28. The van der Waals surface area contributed by atoms with Crippen LogP contribution in [0.2, 0.25) is 0 Å². The van der Waals surface area contributed by atoms with Crippen LogP contribution >= 0.6 is 27.3 Å². The SMILES string of the molecule is CC1(C)[C@H](O)C[C@@H]1NC(=O)c1sccc1Br. The molecule has 2 atom stereocenters. The zero-order chi connectivity index (χ0) is 11.9. The average molecular weight is 304 g/mol.